The Morgan fingerprint density at radius 3 is 1.47 bits per heavy atom. The Labute approximate surface area is 111 Å². The monoisotopic (exact) mass is 260 g/mol. The second-order valence-electron chi connectivity index (χ2n) is 3.68. The van der Waals surface area contributed by atoms with Crippen molar-refractivity contribution < 1.29 is 19.5 Å². The van der Waals surface area contributed by atoms with E-state index in [1.165, 1.54) is 57.8 Å². The maximum Gasteiger partial charge on any atom is 2.00 e. The smallest absolute Gasteiger partial charge is 0.521 e. The number of unbranched alkanes of at least 4 members (excludes halogenated alkanes) is 9. The molecule has 0 unspecified atom stereocenters. The van der Waals surface area contributed by atoms with Gasteiger partial charge in [-0.15, -0.1) is 0 Å². The van der Waals surface area contributed by atoms with Crippen LogP contribution in [0.1, 0.15) is 71.1 Å². The molecule has 0 spiro atoms. The molecular weight excluding hydrogens is 234 g/mol. The van der Waals surface area contributed by atoms with Crippen LogP contribution in [0, 0.1) is 13.5 Å². The minimum Gasteiger partial charge on any atom is -0.521 e. The summed E-state index contributed by atoms with van der Waals surface area (Å²) in [5, 5.41) is 0. The number of rotatable bonds is 9. The molecule has 0 radical (unpaired) electrons. The zero-order valence-electron chi connectivity index (χ0n) is 10.8. The summed E-state index contributed by atoms with van der Waals surface area (Å²) in [7, 11) is 0. The van der Waals surface area contributed by atoms with Crippen molar-refractivity contribution in [3.05, 3.63) is 20.1 Å². The van der Waals surface area contributed by atoms with Gasteiger partial charge >= 0.3 is 19.5 Å². The molecule has 15 heavy (non-hydrogen) atoms. The van der Waals surface area contributed by atoms with Crippen LogP contribution in [-0.4, -0.2) is 0 Å². The summed E-state index contributed by atoms with van der Waals surface area (Å²) in [4.78, 5) is 0. The van der Waals surface area contributed by atoms with Crippen LogP contribution < -0.4 is 0 Å². The van der Waals surface area contributed by atoms with Crippen LogP contribution in [0.4, 0.5) is 0 Å². The second-order valence-corrected chi connectivity index (χ2v) is 3.68. The fourth-order valence-electron chi connectivity index (χ4n) is 1.49. The Bertz CT molecular complexity index is 71.4. The Morgan fingerprint density at radius 1 is 0.800 bits per heavy atom. The molecule has 0 bridgehead atoms. The van der Waals surface area contributed by atoms with Gasteiger partial charge in [-0.3, -0.25) is 6.58 Å². The van der Waals surface area contributed by atoms with E-state index in [4.69, 9.17) is 0 Å². The van der Waals surface area contributed by atoms with Crippen LogP contribution in [0.5, 0.6) is 0 Å². The summed E-state index contributed by atoms with van der Waals surface area (Å²) in [6.07, 6.45) is 13.9. The summed E-state index contributed by atoms with van der Waals surface area (Å²) in [5.74, 6) is 0. The summed E-state index contributed by atoms with van der Waals surface area (Å²) in [5.41, 5.74) is 0. The van der Waals surface area contributed by atoms with E-state index in [1.54, 1.807) is 0 Å². The summed E-state index contributed by atoms with van der Waals surface area (Å²) in [6, 6.07) is 0. The number of hydrogen-bond donors (Lipinski definition) is 0. The summed E-state index contributed by atoms with van der Waals surface area (Å²) < 4.78 is 0. The van der Waals surface area contributed by atoms with E-state index in [0.717, 1.165) is 6.42 Å². The van der Waals surface area contributed by atoms with E-state index < -0.39 is 0 Å². The van der Waals surface area contributed by atoms with Crippen molar-refractivity contribution in [2.75, 3.05) is 0 Å². The predicted octanol–water partition coefficient (Wildman–Crippen LogP) is 5.34. The van der Waals surface area contributed by atoms with Gasteiger partial charge in [0, 0.05) is 0 Å². The van der Waals surface area contributed by atoms with Gasteiger partial charge in [-0.25, -0.2) is 0 Å². The van der Waals surface area contributed by atoms with E-state index in [0.29, 0.717) is 0 Å². The SMILES string of the molecule is [CH-]=C.[CH2-]CCCCCCCCCCC.[Zn+2]. The van der Waals surface area contributed by atoms with Crippen molar-refractivity contribution in [2.24, 2.45) is 0 Å². The van der Waals surface area contributed by atoms with E-state index >= 15 is 0 Å². The van der Waals surface area contributed by atoms with Crippen LogP contribution in [-0.2, 0) is 19.5 Å². The minimum absolute atomic E-state index is 0. The van der Waals surface area contributed by atoms with Crippen molar-refractivity contribution in [1.29, 1.82) is 0 Å². The van der Waals surface area contributed by atoms with Crippen molar-refractivity contribution in [3.8, 4) is 0 Å². The van der Waals surface area contributed by atoms with Crippen LogP contribution >= 0.6 is 0 Å². The van der Waals surface area contributed by atoms with E-state index in [2.05, 4.69) is 27.0 Å². The maximum absolute atomic E-state index is 4.25. The van der Waals surface area contributed by atoms with Gasteiger partial charge in [0.1, 0.15) is 0 Å². The van der Waals surface area contributed by atoms with Crippen LogP contribution in [0.2, 0.25) is 0 Å². The van der Waals surface area contributed by atoms with Crippen molar-refractivity contribution >= 4 is 0 Å². The van der Waals surface area contributed by atoms with Gasteiger partial charge in [0.25, 0.3) is 0 Å². The van der Waals surface area contributed by atoms with Gasteiger partial charge < -0.3 is 13.5 Å². The molecule has 0 amide bonds. The maximum atomic E-state index is 4.25. The molecule has 0 aromatic rings. The molecule has 0 nitrogen and oxygen atoms in total. The molecule has 86 valence electrons. The first-order chi connectivity index (χ1) is 6.91. The van der Waals surface area contributed by atoms with Crippen LogP contribution in [0.25, 0.3) is 0 Å². The average Bonchev–Trinajstić information content (AvgIpc) is 2.25. The molecule has 0 aliphatic rings. The van der Waals surface area contributed by atoms with Gasteiger partial charge in [0.05, 0.1) is 0 Å². The van der Waals surface area contributed by atoms with Crippen LogP contribution in [0.3, 0.4) is 0 Å². The van der Waals surface area contributed by atoms with Crippen LogP contribution in [0.15, 0.2) is 6.58 Å². The Hall–Kier alpha value is 0.363. The third-order valence-electron chi connectivity index (χ3n) is 2.35. The fourth-order valence-corrected chi connectivity index (χ4v) is 1.49. The molecule has 0 aliphatic carbocycles. The summed E-state index contributed by atoms with van der Waals surface area (Å²) in [6.45, 7) is 13.1. The molecule has 0 fully saturated rings. The predicted molar refractivity (Wildman–Crippen MR) is 67.1 cm³/mol. The average molecular weight is 262 g/mol. The van der Waals surface area contributed by atoms with Gasteiger partial charge in [0.15, 0.2) is 0 Å². The zero-order chi connectivity index (χ0) is 11.1. The Kier molecular flexibility index (Phi) is 33.0. The van der Waals surface area contributed by atoms with Gasteiger partial charge in [-0.1, -0.05) is 64.7 Å². The first kappa shape index (κ1) is 20.7. The second kappa shape index (κ2) is 23.9. The molecule has 0 atom stereocenters. The molecule has 0 aliphatic heterocycles. The van der Waals surface area contributed by atoms with E-state index in [1.807, 2.05) is 0 Å². The topological polar surface area (TPSA) is 0 Å². The molecule has 0 rings (SSSR count). The third kappa shape index (κ3) is 25.0. The molecule has 0 heterocycles. The van der Waals surface area contributed by atoms with Crippen molar-refractivity contribution in [2.45, 2.75) is 71.1 Å². The molecule has 0 saturated carbocycles. The van der Waals surface area contributed by atoms with E-state index in [9.17, 15) is 0 Å². The Balaban J connectivity index is -0.000000449. The number of hydrogen-bond acceptors (Lipinski definition) is 0. The molecule has 0 aromatic carbocycles. The largest absolute Gasteiger partial charge is 2.00 e. The molecular formula is C14H28Zn. The third-order valence-corrected chi connectivity index (χ3v) is 2.35. The normalized spacial score (nSPS) is 8.67. The first-order valence-corrected chi connectivity index (χ1v) is 6.12. The molecule has 0 aromatic heterocycles. The Morgan fingerprint density at radius 2 is 1.13 bits per heavy atom. The van der Waals surface area contributed by atoms with E-state index in [-0.39, 0.29) is 19.5 Å². The van der Waals surface area contributed by atoms with Crippen molar-refractivity contribution in [3.63, 3.8) is 0 Å². The molecule has 0 N–H and O–H groups in total. The van der Waals surface area contributed by atoms with Gasteiger partial charge in [-0.05, 0) is 0 Å². The summed E-state index contributed by atoms with van der Waals surface area (Å²) >= 11 is 0. The van der Waals surface area contributed by atoms with Gasteiger partial charge in [0.2, 0.25) is 0 Å². The van der Waals surface area contributed by atoms with Gasteiger partial charge in [-0.2, -0.15) is 6.42 Å². The molecule has 1 heteroatoms. The van der Waals surface area contributed by atoms with Crippen molar-refractivity contribution in [1.82, 2.24) is 0 Å². The standard InChI is InChI=1S/C12H25.C2H3.Zn/c1-3-5-7-9-11-12-10-8-6-4-2;1-2;/h1,3-12H2,2H3;1H,2H2;/q2*-1;+2. The zero-order valence-corrected chi connectivity index (χ0v) is 13.7. The molecule has 0 saturated heterocycles. The minimum atomic E-state index is 0. The first-order valence-electron chi connectivity index (χ1n) is 6.12. The fraction of sp³-hybridized carbons (Fsp3) is 0.786. The quantitative estimate of drug-likeness (QED) is 0.298.